The summed E-state index contributed by atoms with van der Waals surface area (Å²) in [5, 5.41) is 2.71. The Bertz CT molecular complexity index is 560. The molecular formula is C15H24FNO3S. The molecule has 1 rings (SSSR count). The Labute approximate surface area is 126 Å². The van der Waals surface area contributed by atoms with E-state index in [0.717, 1.165) is 18.5 Å². The minimum absolute atomic E-state index is 0.188. The summed E-state index contributed by atoms with van der Waals surface area (Å²) in [6.45, 7) is 4.42. The van der Waals surface area contributed by atoms with Gasteiger partial charge in [-0.25, -0.2) is 12.8 Å². The van der Waals surface area contributed by atoms with Crippen molar-refractivity contribution >= 4 is 9.84 Å². The van der Waals surface area contributed by atoms with Gasteiger partial charge in [-0.15, -0.1) is 0 Å². The van der Waals surface area contributed by atoms with Crippen LogP contribution in [0.15, 0.2) is 18.2 Å². The number of sulfone groups is 1. The first-order chi connectivity index (χ1) is 9.79. The molecular weight excluding hydrogens is 293 g/mol. The molecule has 0 aliphatic heterocycles. The van der Waals surface area contributed by atoms with E-state index in [-0.39, 0.29) is 11.8 Å². The Morgan fingerprint density at radius 2 is 2.05 bits per heavy atom. The molecule has 0 aliphatic rings. The molecule has 1 N–H and O–H groups in total. The van der Waals surface area contributed by atoms with E-state index < -0.39 is 20.9 Å². The Kier molecular flexibility index (Phi) is 6.61. The summed E-state index contributed by atoms with van der Waals surface area (Å²) in [6.07, 6.45) is 2.59. The van der Waals surface area contributed by atoms with Crippen molar-refractivity contribution in [2.45, 2.75) is 38.0 Å². The molecule has 4 nitrogen and oxygen atoms in total. The van der Waals surface area contributed by atoms with Crippen LogP contribution < -0.4 is 10.1 Å². The van der Waals surface area contributed by atoms with E-state index in [0.29, 0.717) is 6.42 Å². The van der Waals surface area contributed by atoms with Crippen molar-refractivity contribution < 1.29 is 17.5 Å². The second-order valence-electron chi connectivity index (χ2n) is 5.27. The number of nitrogens with one attached hydrogen (secondary N) is 1. The van der Waals surface area contributed by atoms with Gasteiger partial charge in [0.25, 0.3) is 0 Å². The van der Waals surface area contributed by atoms with E-state index >= 15 is 0 Å². The highest BCUT2D eigenvalue weighted by Gasteiger charge is 2.25. The van der Waals surface area contributed by atoms with Gasteiger partial charge < -0.3 is 10.1 Å². The molecule has 2 atom stereocenters. The van der Waals surface area contributed by atoms with Gasteiger partial charge in [0, 0.05) is 12.3 Å². The number of ether oxygens (including phenoxy) is 1. The number of rotatable bonds is 8. The number of benzene rings is 1. The maximum absolute atomic E-state index is 13.7. The fraction of sp³-hybridized carbons (Fsp3) is 0.600. The topological polar surface area (TPSA) is 55.4 Å². The van der Waals surface area contributed by atoms with Crippen LogP contribution in [0.25, 0.3) is 0 Å². The summed E-state index contributed by atoms with van der Waals surface area (Å²) in [4.78, 5) is 0. The monoisotopic (exact) mass is 317 g/mol. The average Bonchev–Trinajstić information content (AvgIpc) is 2.41. The predicted octanol–water partition coefficient (Wildman–Crippen LogP) is 2.18. The molecule has 1 aromatic rings. The van der Waals surface area contributed by atoms with Gasteiger partial charge in [-0.1, -0.05) is 13.0 Å². The molecule has 0 aliphatic carbocycles. The summed E-state index contributed by atoms with van der Waals surface area (Å²) >= 11 is 0. The van der Waals surface area contributed by atoms with E-state index in [2.05, 4.69) is 5.32 Å². The third kappa shape index (κ3) is 5.28. The highest BCUT2D eigenvalue weighted by Crippen LogP contribution is 2.20. The van der Waals surface area contributed by atoms with Crippen LogP contribution in [0.1, 0.15) is 25.8 Å². The van der Waals surface area contributed by atoms with E-state index in [9.17, 15) is 12.8 Å². The zero-order valence-corrected chi connectivity index (χ0v) is 13.8. The average molecular weight is 317 g/mol. The Morgan fingerprint density at radius 1 is 1.38 bits per heavy atom. The van der Waals surface area contributed by atoms with Crippen LogP contribution in [0, 0.1) is 5.82 Å². The normalized spacial score (nSPS) is 14.7. The molecule has 0 bridgehead atoms. The summed E-state index contributed by atoms with van der Waals surface area (Å²) in [5.74, 6) is -0.246. The Morgan fingerprint density at radius 3 is 2.52 bits per heavy atom. The van der Waals surface area contributed by atoms with Gasteiger partial charge in [0.15, 0.2) is 21.4 Å². The van der Waals surface area contributed by atoms with Crippen LogP contribution in [-0.4, -0.2) is 39.6 Å². The molecule has 21 heavy (non-hydrogen) atoms. The van der Waals surface area contributed by atoms with E-state index in [1.807, 2.05) is 6.92 Å². The molecule has 0 heterocycles. The second kappa shape index (κ2) is 7.75. The predicted molar refractivity (Wildman–Crippen MR) is 83.0 cm³/mol. The van der Waals surface area contributed by atoms with Gasteiger partial charge in [-0.05, 0) is 44.0 Å². The first kappa shape index (κ1) is 17.9. The van der Waals surface area contributed by atoms with Gasteiger partial charge in [0.1, 0.15) is 0 Å². The quantitative estimate of drug-likeness (QED) is 0.798. The molecule has 0 aromatic heterocycles. The van der Waals surface area contributed by atoms with Crippen molar-refractivity contribution in [3.63, 3.8) is 0 Å². The number of hydrogen-bond donors (Lipinski definition) is 1. The molecule has 0 spiro atoms. The van der Waals surface area contributed by atoms with Gasteiger partial charge in [0.2, 0.25) is 0 Å². The summed E-state index contributed by atoms with van der Waals surface area (Å²) in [5.41, 5.74) is 0.748. The lowest BCUT2D eigenvalue weighted by atomic mass is 10.0. The molecule has 120 valence electrons. The molecule has 0 saturated heterocycles. The van der Waals surface area contributed by atoms with Crippen LogP contribution in [0.5, 0.6) is 5.75 Å². The molecule has 0 fully saturated rings. The van der Waals surface area contributed by atoms with E-state index in [4.69, 9.17) is 4.74 Å². The van der Waals surface area contributed by atoms with Gasteiger partial charge in [0.05, 0.1) is 12.4 Å². The number of hydrogen-bond acceptors (Lipinski definition) is 4. The molecule has 1 aromatic carbocycles. The van der Waals surface area contributed by atoms with Crippen LogP contribution in [0.3, 0.4) is 0 Å². The summed E-state index contributed by atoms with van der Waals surface area (Å²) in [6, 6.07) is 4.48. The molecule has 6 heteroatoms. The fourth-order valence-corrected chi connectivity index (χ4v) is 2.91. The fourth-order valence-electron chi connectivity index (χ4n) is 2.12. The van der Waals surface area contributed by atoms with Crippen LogP contribution in [0.4, 0.5) is 4.39 Å². The van der Waals surface area contributed by atoms with Crippen molar-refractivity contribution in [3.8, 4) is 5.75 Å². The molecule has 0 amide bonds. The van der Waals surface area contributed by atoms with Crippen molar-refractivity contribution in [1.29, 1.82) is 0 Å². The minimum atomic E-state index is -3.16. The van der Waals surface area contributed by atoms with E-state index in [1.165, 1.54) is 19.4 Å². The molecule has 0 saturated carbocycles. The smallest absolute Gasteiger partial charge is 0.165 e. The molecule has 2 unspecified atom stereocenters. The largest absolute Gasteiger partial charge is 0.494 e. The van der Waals surface area contributed by atoms with Crippen LogP contribution in [0.2, 0.25) is 0 Å². The first-order valence-electron chi connectivity index (χ1n) is 7.04. The third-order valence-corrected chi connectivity index (χ3v) is 5.25. The van der Waals surface area contributed by atoms with Crippen molar-refractivity contribution in [3.05, 3.63) is 29.6 Å². The second-order valence-corrected chi connectivity index (χ2v) is 7.67. The van der Waals surface area contributed by atoms with Gasteiger partial charge >= 0.3 is 0 Å². The number of halogens is 1. The van der Waals surface area contributed by atoms with Crippen molar-refractivity contribution in [2.75, 3.05) is 19.9 Å². The maximum Gasteiger partial charge on any atom is 0.165 e. The van der Waals surface area contributed by atoms with Crippen molar-refractivity contribution in [1.82, 2.24) is 5.32 Å². The Balaban J connectivity index is 2.93. The van der Waals surface area contributed by atoms with Crippen LogP contribution in [-0.2, 0) is 16.3 Å². The maximum atomic E-state index is 13.7. The lowest BCUT2D eigenvalue weighted by molar-refractivity contribution is 0.385. The zero-order valence-electron chi connectivity index (χ0n) is 13.0. The van der Waals surface area contributed by atoms with Gasteiger partial charge in [-0.3, -0.25) is 0 Å². The SMILES string of the molecule is CCCNC(Cc1ccc(OC)c(F)c1)C(C)S(C)(=O)=O. The molecule has 0 radical (unpaired) electrons. The summed E-state index contributed by atoms with van der Waals surface area (Å²) in [7, 11) is -1.74. The number of methoxy groups -OCH3 is 1. The summed E-state index contributed by atoms with van der Waals surface area (Å²) < 4.78 is 42.1. The first-order valence-corrected chi connectivity index (χ1v) is 8.99. The highest BCUT2D eigenvalue weighted by molar-refractivity contribution is 7.91. The zero-order chi connectivity index (χ0) is 16.0. The Hall–Kier alpha value is -1.14. The van der Waals surface area contributed by atoms with Gasteiger partial charge in [-0.2, -0.15) is 0 Å². The lowest BCUT2D eigenvalue weighted by Crippen LogP contribution is -2.44. The van der Waals surface area contributed by atoms with Crippen molar-refractivity contribution in [2.24, 2.45) is 0 Å². The lowest BCUT2D eigenvalue weighted by Gasteiger charge is -2.24. The standard InChI is InChI=1S/C15H24FNO3S/c1-5-8-17-14(11(2)21(4,18)19)10-12-6-7-15(20-3)13(16)9-12/h6-7,9,11,14,17H,5,8,10H2,1-4H3. The third-order valence-electron chi connectivity index (χ3n) is 3.57. The van der Waals surface area contributed by atoms with E-state index in [1.54, 1.807) is 19.1 Å². The minimum Gasteiger partial charge on any atom is -0.494 e. The van der Waals surface area contributed by atoms with Crippen LogP contribution >= 0.6 is 0 Å². The highest BCUT2D eigenvalue weighted by atomic mass is 32.2.